The van der Waals surface area contributed by atoms with Gasteiger partial charge in [-0.1, -0.05) is 0 Å². The van der Waals surface area contributed by atoms with Crippen molar-refractivity contribution in [3.8, 4) is 5.75 Å². The number of furan rings is 1. The molecule has 1 fully saturated rings. The van der Waals surface area contributed by atoms with E-state index in [1.807, 2.05) is 18.0 Å². The van der Waals surface area contributed by atoms with Crippen LogP contribution in [0.15, 0.2) is 27.7 Å². The third-order valence-electron chi connectivity index (χ3n) is 5.64. The molecule has 1 saturated heterocycles. The number of rotatable bonds is 6. The Bertz CT molecular complexity index is 1000. The highest BCUT2D eigenvalue weighted by atomic mass is 16.4. The van der Waals surface area contributed by atoms with Crippen LogP contribution in [0.3, 0.4) is 0 Å². The molecule has 2 aliphatic rings. The van der Waals surface area contributed by atoms with Crippen molar-refractivity contribution in [2.75, 3.05) is 38.2 Å². The van der Waals surface area contributed by atoms with Crippen LogP contribution in [-0.2, 0) is 0 Å². The molecule has 0 aromatic carbocycles. The van der Waals surface area contributed by atoms with Crippen LogP contribution >= 0.6 is 0 Å². The smallest absolute Gasteiger partial charge is 0.345 e. The molecule has 0 radical (unpaired) electrons. The fourth-order valence-electron chi connectivity index (χ4n) is 3.97. The standard InChI is InChI=1S/C21H24N4O5/c1-24(9-10-26)14-4-7-25(8-5-14)20-17(21(28)29)18(27)16(30-20)11-13-12-23-19-15(13)3-2-6-22-19/h2-3,6,11-12,14,26-27H,4-5,7-10H2,1H3,(H,28,29). The largest absolute Gasteiger partial charge is 0.504 e. The maximum absolute atomic E-state index is 11.9. The van der Waals surface area contributed by atoms with Gasteiger partial charge >= 0.3 is 5.97 Å². The van der Waals surface area contributed by atoms with Crippen molar-refractivity contribution in [3.63, 3.8) is 0 Å². The Morgan fingerprint density at radius 1 is 1.40 bits per heavy atom. The number of piperidine rings is 1. The normalized spacial score (nSPS) is 17.8. The zero-order chi connectivity index (χ0) is 21.3. The molecule has 0 bridgehead atoms. The molecule has 0 unspecified atom stereocenters. The third kappa shape index (κ3) is 3.69. The van der Waals surface area contributed by atoms with Crippen LogP contribution in [0.5, 0.6) is 5.75 Å². The molecule has 9 nitrogen and oxygen atoms in total. The first-order valence-corrected chi connectivity index (χ1v) is 9.85. The van der Waals surface area contributed by atoms with Gasteiger partial charge in [-0.25, -0.2) is 14.8 Å². The number of nitrogens with zero attached hydrogens (tertiary/aromatic N) is 4. The van der Waals surface area contributed by atoms with Gasteiger partial charge in [0.05, 0.1) is 6.61 Å². The predicted octanol–water partition coefficient (Wildman–Crippen LogP) is 2.23. The number of aliphatic hydroxyl groups is 1. The minimum absolute atomic E-state index is 0.0834. The van der Waals surface area contributed by atoms with Gasteiger partial charge in [-0.2, -0.15) is 0 Å². The number of aliphatic imine (C=N–C) groups is 1. The lowest BCUT2D eigenvalue weighted by Gasteiger charge is -2.36. The van der Waals surface area contributed by atoms with E-state index in [0.29, 0.717) is 37.1 Å². The van der Waals surface area contributed by atoms with Gasteiger partial charge in [-0.3, -0.25) is 0 Å². The molecule has 3 N–H and O–H groups in total. The summed E-state index contributed by atoms with van der Waals surface area (Å²) in [5.74, 6) is -0.813. The van der Waals surface area contributed by atoms with E-state index in [-0.39, 0.29) is 23.8 Å². The number of allylic oxidation sites excluding steroid dienone is 1. The molecule has 0 aliphatic carbocycles. The number of anilines is 1. The van der Waals surface area contributed by atoms with Gasteiger partial charge < -0.3 is 29.5 Å². The lowest BCUT2D eigenvalue weighted by atomic mass is 10.0. The second-order valence-corrected chi connectivity index (χ2v) is 7.46. The Balaban J connectivity index is 1.61. The van der Waals surface area contributed by atoms with E-state index in [4.69, 9.17) is 9.52 Å². The van der Waals surface area contributed by atoms with E-state index < -0.39 is 11.7 Å². The molecule has 2 aromatic heterocycles. The lowest BCUT2D eigenvalue weighted by molar-refractivity contribution is 0.0694. The van der Waals surface area contributed by atoms with Gasteiger partial charge in [0.15, 0.2) is 22.9 Å². The number of likely N-dealkylation sites (N-methyl/N-ethyl adjacent to an activating group) is 1. The van der Waals surface area contributed by atoms with E-state index in [1.165, 1.54) is 0 Å². The van der Waals surface area contributed by atoms with Crippen LogP contribution in [0.1, 0.15) is 34.5 Å². The summed E-state index contributed by atoms with van der Waals surface area (Å²) in [6.45, 7) is 1.89. The molecule has 158 valence electrons. The molecule has 2 aromatic rings. The fourth-order valence-corrected chi connectivity index (χ4v) is 3.97. The van der Waals surface area contributed by atoms with Crippen molar-refractivity contribution in [1.29, 1.82) is 0 Å². The highest BCUT2D eigenvalue weighted by Gasteiger charge is 2.32. The minimum atomic E-state index is -1.24. The Hall–Kier alpha value is -3.17. The van der Waals surface area contributed by atoms with Crippen molar-refractivity contribution in [3.05, 3.63) is 35.2 Å². The van der Waals surface area contributed by atoms with Crippen LogP contribution in [0.2, 0.25) is 0 Å². The van der Waals surface area contributed by atoms with Gasteiger partial charge in [-0.15, -0.1) is 0 Å². The first-order chi connectivity index (χ1) is 14.5. The quantitative estimate of drug-likeness (QED) is 0.660. The molecule has 2 aliphatic heterocycles. The summed E-state index contributed by atoms with van der Waals surface area (Å²) in [6.07, 6.45) is 6.45. The van der Waals surface area contributed by atoms with Crippen molar-refractivity contribution < 1.29 is 24.5 Å². The molecular formula is C21H24N4O5. The molecular weight excluding hydrogens is 388 g/mol. The van der Waals surface area contributed by atoms with Crippen LogP contribution in [-0.4, -0.2) is 76.7 Å². The molecule has 4 heterocycles. The molecule has 0 amide bonds. The van der Waals surface area contributed by atoms with Gasteiger partial charge in [0, 0.05) is 49.2 Å². The second-order valence-electron chi connectivity index (χ2n) is 7.46. The van der Waals surface area contributed by atoms with E-state index in [9.17, 15) is 15.0 Å². The Morgan fingerprint density at radius 3 is 2.87 bits per heavy atom. The molecule has 0 spiro atoms. The van der Waals surface area contributed by atoms with Crippen molar-refractivity contribution >= 4 is 35.5 Å². The van der Waals surface area contributed by atoms with Crippen molar-refractivity contribution in [1.82, 2.24) is 9.88 Å². The zero-order valence-corrected chi connectivity index (χ0v) is 16.7. The zero-order valence-electron chi connectivity index (χ0n) is 16.7. The third-order valence-corrected chi connectivity index (χ3v) is 5.64. The van der Waals surface area contributed by atoms with E-state index in [2.05, 4.69) is 14.9 Å². The topological polar surface area (TPSA) is 123 Å². The minimum Gasteiger partial charge on any atom is -0.504 e. The van der Waals surface area contributed by atoms with Crippen LogP contribution in [0.25, 0.3) is 11.6 Å². The van der Waals surface area contributed by atoms with E-state index in [0.717, 1.165) is 18.4 Å². The predicted molar refractivity (Wildman–Crippen MR) is 113 cm³/mol. The fraction of sp³-hybridized carbons (Fsp3) is 0.381. The lowest BCUT2D eigenvalue weighted by Crippen LogP contribution is -2.44. The number of aliphatic hydroxyl groups excluding tert-OH is 1. The summed E-state index contributed by atoms with van der Waals surface area (Å²) in [7, 11) is 1.97. The molecule has 9 heteroatoms. The maximum Gasteiger partial charge on any atom is 0.345 e. The first kappa shape index (κ1) is 20.1. The highest BCUT2D eigenvalue weighted by Crippen LogP contribution is 2.40. The highest BCUT2D eigenvalue weighted by molar-refractivity contribution is 6.21. The van der Waals surface area contributed by atoms with Gasteiger partial charge in [0.25, 0.3) is 0 Å². The first-order valence-electron chi connectivity index (χ1n) is 9.85. The van der Waals surface area contributed by atoms with Crippen molar-refractivity contribution in [2.45, 2.75) is 18.9 Å². The number of aromatic hydroxyl groups is 1. The Labute approximate surface area is 173 Å². The average molecular weight is 412 g/mol. The number of hydrogen-bond donors (Lipinski definition) is 3. The number of pyridine rings is 1. The Kier molecular flexibility index (Phi) is 5.56. The molecule has 4 rings (SSSR count). The van der Waals surface area contributed by atoms with Gasteiger partial charge in [0.1, 0.15) is 0 Å². The monoisotopic (exact) mass is 412 g/mol. The van der Waals surface area contributed by atoms with Gasteiger partial charge in [-0.05, 0) is 38.1 Å². The number of carbonyl (C=O) groups is 1. The summed E-state index contributed by atoms with van der Waals surface area (Å²) >= 11 is 0. The Morgan fingerprint density at radius 2 is 2.17 bits per heavy atom. The summed E-state index contributed by atoms with van der Waals surface area (Å²) in [4.78, 5) is 24.2. The van der Waals surface area contributed by atoms with Crippen LogP contribution in [0, 0.1) is 0 Å². The summed E-state index contributed by atoms with van der Waals surface area (Å²) in [6, 6.07) is 3.95. The summed E-state index contributed by atoms with van der Waals surface area (Å²) < 4.78 is 5.85. The van der Waals surface area contributed by atoms with Gasteiger partial charge in [0.2, 0.25) is 5.88 Å². The second kappa shape index (κ2) is 8.29. The molecule has 0 saturated carbocycles. The summed E-state index contributed by atoms with van der Waals surface area (Å²) in [5, 5.41) is 29.4. The number of fused-ring (bicyclic) bond motifs is 1. The summed E-state index contributed by atoms with van der Waals surface area (Å²) in [5.41, 5.74) is 1.25. The number of carboxylic acids is 1. The number of hydrogen-bond acceptors (Lipinski definition) is 8. The SMILES string of the molecule is CN(CCO)C1CCN(c2oc(C=C3C=Nc4ncccc43)c(O)c2C(=O)O)CC1. The number of aromatic nitrogens is 1. The van der Waals surface area contributed by atoms with Crippen molar-refractivity contribution in [2.24, 2.45) is 4.99 Å². The van der Waals surface area contributed by atoms with Crippen LogP contribution in [0.4, 0.5) is 11.7 Å². The number of carboxylic acid groups (broad SMARTS) is 1. The maximum atomic E-state index is 11.9. The van der Waals surface area contributed by atoms with Crippen LogP contribution < -0.4 is 4.90 Å². The number of aromatic carboxylic acids is 1. The van der Waals surface area contributed by atoms with E-state index >= 15 is 0 Å². The average Bonchev–Trinajstić information content (AvgIpc) is 3.30. The van der Waals surface area contributed by atoms with E-state index in [1.54, 1.807) is 24.6 Å². The molecule has 30 heavy (non-hydrogen) atoms. The molecule has 0 atom stereocenters.